The molecule has 0 aliphatic carbocycles. The smallest absolute Gasteiger partial charge is 0.257 e. The van der Waals surface area contributed by atoms with Crippen LogP contribution in [0.3, 0.4) is 0 Å². The number of aromatic nitrogens is 2. The molecular formula is C10H11IN4OS. The number of hydrogen-bond acceptors (Lipinski definition) is 4. The average Bonchev–Trinajstić information content (AvgIpc) is 2.79. The number of nitrogens with one attached hydrogen (secondary N) is 1. The quantitative estimate of drug-likeness (QED) is 0.805. The number of thiophene rings is 1. The number of nitrogen functional groups attached to an aromatic ring is 1. The highest BCUT2D eigenvalue weighted by Crippen LogP contribution is 2.23. The van der Waals surface area contributed by atoms with E-state index in [-0.39, 0.29) is 5.91 Å². The summed E-state index contributed by atoms with van der Waals surface area (Å²) in [6.45, 7) is 1.80. The second kappa shape index (κ2) is 4.65. The standard InChI is InChI=1S/C10H11IN4OS/c1-5-8(12)9(15(2)14-5)13-10(16)6-3-7(11)17-4-6/h3-4H,12H2,1-2H3,(H,13,16). The molecule has 0 radical (unpaired) electrons. The van der Waals surface area contributed by atoms with Gasteiger partial charge in [0.2, 0.25) is 0 Å². The Labute approximate surface area is 116 Å². The van der Waals surface area contributed by atoms with Crippen molar-refractivity contribution in [3.05, 3.63) is 25.6 Å². The van der Waals surface area contributed by atoms with E-state index in [1.807, 2.05) is 11.4 Å². The number of carbonyl (C=O) groups is 1. The Kier molecular flexibility index (Phi) is 3.38. The first-order valence-corrected chi connectivity index (χ1v) is 6.79. The minimum absolute atomic E-state index is 0.168. The minimum Gasteiger partial charge on any atom is -0.394 e. The molecular weight excluding hydrogens is 351 g/mol. The van der Waals surface area contributed by atoms with Gasteiger partial charge < -0.3 is 11.1 Å². The summed E-state index contributed by atoms with van der Waals surface area (Å²) in [4.78, 5) is 11.9. The van der Waals surface area contributed by atoms with Crippen LogP contribution < -0.4 is 11.1 Å². The zero-order chi connectivity index (χ0) is 12.6. The maximum atomic E-state index is 11.9. The van der Waals surface area contributed by atoms with Gasteiger partial charge in [-0.1, -0.05) is 0 Å². The normalized spacial score (nSPS) is 10.5. The van der Waals surface area contributed by atoms with Crippen LogP contribution in [0, 0.1) is 9.81 Å². The van der Waals surface area contributed by atoms with E-state index in [0.717, 1.165) is 2.88 Å². The largest absolute Gasteiger partial charge is 0.394 e. The highest BCUT2D eigenvalue weighted by molar-refractivity contribution is 14.1. The molecule has 0 aliphatic heterocycles. The SMILES string of the molecule is Cc1nn(C)c(NC(=O)c2csc(I)c2)c1N. The van der Waals surface area contributed by atoms with Crippen molar-refractivity contribution in [1.29, 1.82) is 0 Å². The predicted molar refractivity (Wildman–Crippen MR) is 77.3 cm³/mol. The molecule has 1 amide bonds. The number of carbonyl (C=O) groups excluding carboxylic acids is 1. The average molecular weight is 362 g/mol. The van der Waals surface area contributed by atoms with Gasteiger partial charge in [-0.3, -0.25) is 9.48 Å². The van der Waals surface area contributed by atoms with E-state index < -0.39 is 0 Å². The molecule has 90 valence electrons. The molecule has 0 aliphatic rings. The Bertz CT molecular complexity index is 575. The van der Waals surface area contributed by atoms with Crippen LogP contribution in [0.15, 0.2) is 11.4 Å². The third-order valence-electron chi connectivity index (χ3n) is 2.33. The van der Waals surface area contributed by atoms with E-state index in [4.69, 9.17) is 5.73 Å². The van der Waals surface area contributed by atoms with Crippen LogP contribution in [-0.4, -0.2) is 15.7 Å². The number of anilines is 2. The number of rotatable bonds is 2. The summed E-state index contributed by atoms with van der Waals surface area (Å²) in [7, 11) is 1.75. The summed E-state index contributed by atoms with van der Waals surface area (Å²) in [5.41, 5.74) is 7.69. The zero-order valence-electron chi connectivity index (χ0n) is 9.32. The number of halogens is 1. The molecule has 0 unspecified atom stereocenters. The minimum atomic E-state index is -0.168. The molecule has 0 spiro atoms. The number of nitrogens with two attached hydrogens (primary N) is 1. The van der Waals surface area contributed by atoms with Crippen LogP contribution in [-0.2, 0) is 7.05 Å². The van der Waals surface area contributed by atoms with Crippen LogP contribution in [0.25, 0.3) is 0 Å². The summed E-state index contributed by atoms with van der Waals surface area (Å²) in [5, 5.41) is 8.73. The van der Waals surface area contributed by atoms with E-state index in [9.17, 15) is 4.79 Å². The number of aryl methyl sites for hydroxylation is 2. The molecule has 17 heavy (non-hydrogen) atoms. The summed E-state index contributed by atoms with van der Waals surface area (Å²) in [5.74, 6) is 0.368. The van der Waals surface area contributed by atoms with Crippen LogP contribution >= 0.6 is 33.9 Å². The molecule has 5 nitrogen and oxygen atoms in total. The van der Waals surface area contributed by atoms with Crippen molar-refractivity contribution in [1.82, 2.24) is 9.78 Å². The molecule has 7 heteroatoms. The van der Waals surface area contributed by atoms with Gasteiger partial charge in [-0.05, 0) is 35.6 Å². The van der Waals surface area contributed by atoms with E-state index in [2.05, 4.69) is 33.0 Å². The molecule has 0 bridgehead atoms. The van der Waals surface area contributed by atoms with Gasteiger partial charge >= 0.3 is 0 Å². The lowest BCUT2D eigenvalue weighted by Gasteiger charge is -2.04. The van der Waals surface area contributed by atoms with Gasteiger partial charge in [0.15, 0.2) is 5.82 Å². The van der Waals surface area contributed by atoms with E-state index in [0.29, 0.717) is 22.8 Å². The van der Waals surface area contributed by atoms with Crippen molar-refractivity contribution in [2.75, 3.05) is 11.1 Å². The molecule has 0 fully saturated rings. The predicted octanol–water partition coefficient (Wildman–Crippen LogP) is 2.23. The fourth-order valence-electron chi connectivity index (χ4n) is 1.43. The van der Waals surface area contributed by atoms with Crippen molar-refractivity contribution >= 4 is 51.3 Å². The number of nitrogens with zero attached hydrogens (tertiary/aromatic N) is 2. The number of amides is 1. The second-order valence-electron chi connectivity index (χ2n) is 3.56. The van der Waals surface area contributed by atoms with Crippen LogP contribution in [0.4, 0.5) is 11.5 Å². The van der Waals surface area contributed by atoms with Gasteiger partial charge in [0.1, 0.15) is 0 Å². The molecule has 2 aromatic heterocycles. The Morgan fingerprint density at radius 2 is 2.35 bits per heavy atom. The Hall–Kier alpha value is -1.09. The van der Waals surface area contributed by atoms with E-state index in [1.54, 1.807) is 18.7 Å². The van der Waals surface area contributed by atoms with Crippen molar-refractivity contribution in [2.45, 2.75) is 6.92 Å². The fraction of sp³-hybridized carbons (Fsp3) is 0.200. The van der Waals surface area contributed by atoms with Crippen molar-refractivity contribution < 1.29 is 4.79 Å². The van der Waals surface area contributed by atoms with Crippen LogP contribution in [0.2, 0.25) is 0 Å². The first-order valence-electron chi connectivity index (χ1n) is 4.83. The van der Waals surface area contributed by atoms with Gasteiger partial charge in [-0.2, -0.15) is 5.10 Å². The zero-order valence-corrected chi connectivity index (χ0v) is 12.3. The Morgan fingerprint density at radius 1 is 1.65 bits per heavy atom. The van der Waals surface area contributed by atoms with Crippen molar-refractivity contribution in [3.8, 4) is 0 Å². The monoisotopic (exact) mass is 362 g/mol. The molecule has 2 heterocycles. The lowest BCUT2D eigenvalue weighted by molar-refractivity contribution is 0.102. The van der Waals surface area contributed by atoms with Gasteiger partial charge in [0.05, 0.1) is 19.8 Å². The summed E-state index contributed by atoms with van der Waals surface area (Å²) in [6, 6.07) is 1.83. The Balaban J connectivity index is 2.24. The lowest BCUT2D eigenvalue weighted by atomic mass is 10.3. The Morgan fingerprint density at radius 3 is 2.82 bits per heavy atom. The summed E-state index contributed by atoms with van der Waals surface area (Å²) < 4.78 is 2.64. The molecule has 2 rings (SSSR count). The molecule has 0 atom stereocenters. The third-order valence-corrected chi connectivity index (χ3v) is 4.12. The molecule has 0 aromatic carbocycles. The van der Waals surface area contributed by atoms with Crippen molar-refractivity contribution in [2.24, 2.45) is 7.05 Å². The number of hydrogen-bond donors (Lipinski definition) is 2. The third kappa shape index (κ3) is 2.44. The summed E-state index contributed by atoms with van der Waals surface area (Å²) in [6.07, 6.45) is 0. The maximum Gasteiger partial charge on any atom is 0.257 e. The first-order chi connectivity index (χ1) is 7.99. The highest BCUT2D eigenvalue weighted by Gasteiger charge is 2.14. The second-order valence-corrected chi connectivity index (χ2v) is 6.37. The fourth-order valence-corrected chi connectivity index (χ4v) is 2.76. The van der Waals surface area contributed by atoms with Gasteiger partial charge in [0, 0.05) is 12.4 Å². The van der Waals surface area contributed by atoms with Crippen LogP contribution in [0.5, 0.6) is 0 Å². The van der Waals surface area contributed by atoms with Gasteiger partial charge in [-0.15, -0.1) is 11.3 Å². The maximum absolute atomic E-state index is 11.9. The molecule has 0 saturated carbocycles. The van der Waals surface area contributed by atoms with Gasteiger partial charge in [-0.25, -0.2) is 0 Å². The molecule has 2 aromatic rings. The molecule has 3 N–H and O–H groups in total. The molecule has 0 saturated heterocycles. The van der Waals surface area contributed by atoms with Gasteiger partial charge in [0.25, 0.3) is 5.91 Å². The van der Waals surface area contributed by atoms with Crippen molar-refractivity contribution in [3.63, 3.8) is 0 Å². The van der Waals surface area contributed by atoms with E-state index >= 15 is 0 Å². The van der Waals surface area contributed by atoms with Crippen LogP contribution in [0.1, 0.15) is 16.1 Å². The highest BCUT2D eigenvalue weighted by atomic mass is 127. The first kappa shape index (κ1) is 12.4. The lowest BCUT2D eigenvalue weighted by Crippen LogP contribution is -2.14. The topological polar surface area (TPSA) is 72.9 Å². The summed E-state index contributed by atoms with van der Waals surface area (Å²) >= 11 is 3.71. The van der Waals surface area contributed by atoms with E-state index in [1.165, 1.54) is 11.3 Å².